The summed E-state index contributed by atoms with van der Waals surface area (Å²) in [4.78, 5) is 17.4. The average molecular weight is 451 g/mol. The smallest absolute Gasteiger partial charge is 0.402 e. The molecule has 0 aromatic heterocycles. The molecule has 1 heterocycles. The van der Waals surface area contributed by atoms with Crippen LogP contribution in [0.4, 0.5) is 13.2 Å². The molecule has 3 rings (SSSR count). The molecule has 3 N–H and O–H groups in total. The highest BCUT2D eigenvalue weighted by atomic mass is 19.4. The number of nitrogens with zero attached hydrogens (tertiary/aromatic N) is 1. The third kappa shape index (κ3) is 6.44. The SMILES string of the molecule is O=C(NNCC(F)(F)F)[C@]1(Cc2ccccc2)COC(c2ccc(OCCCO)cc2)=N1. The predicted octanol–water partition coefficient (Wildman–Crippen LogP) is 2.39. The maximum Gasteiger partial charge on any atom is 0.402 e. The third-order valence-corrected chi connectivity index (χ3v) is 4.69. The lowest BCUT2D eigenvalue weighted by Crippen LogP contribution is -2.54. The Kier molecular flexibility index (Phi) is 7.70. The molecule has 172 valence electrons. The fourth-order valence-electron chi connectivity index (χ4n) is 3.10. The van der Waals surface area contributed by atoms with Gasteiger partial charge in [-0.1, -0.05) is 30.3 Å². The lowest BCUT2D eigenvalue weighted by atomic mass is 9.91. The molecule has 0 unspecified atom stereocenters. The van der Waals surface area contributed by atoms with Crippen molar-refractivity contribution < 1.29 is 32.5 Å². The number of hydrazine groups is 1. The zero-order valence-electron chi connectivity index (χ0n) is 17.2. The standard InChI is InChI=1S/C22H24F3N3O4/c23-22(24,25)14-26-28-20(30)21(13-16-5-2-1-3-6-16)15-32-19(27-21)17-7-9-18(10-8-17)31-12-4-11-29/h1-3,5-10,26,29H,4,11-15H2,(H,28,30)/t21-/m0/s1. The Balaban J connectivity index is 1.78. The van der Waals surface area contributed by atoms with Crippen molar-refractivity contribution in [2.75, 3.05) is 26.4 Å². The number of amides is 1. The first-order chi connectivity index (χ1) is 15.3. The summed E-state index contributed by atoms with van der Waals surface area (Å²) < 4.78 is 48.5. The van der Waals surface area contributed by atoms with Gasteiger partial charge < -0.3 is 14.6 Å². The second kappa shape index (κ2) is 10.5. The summed E-state index contributed by atoms with van der Waals surface area (Å²) in [6.07, 6.45) is -3.81. The van der Waals surface area contributed by atoms with Crippen LogP contribution in [0.1, 0.15) is 17.5 Å². The highest BCUT2D eigenvalue weighted by Gasteiger charge is 2.45. The first-order valence-corrected chi connectivity index (χ1v) is 10.0. The molecule has 0 radical (unpaired) electrons. The van der Waals surface area contributed by atoms with Crippen molar-refractivity contribution in [1.29, 1.82) is 0 Å². The van der Waals surface area contributed by atoms with E-state index < -0.39 is 24.2 Å². The number of carbonyl (C=O) groups excluding carboxylic acids is 1. The van der Waals surface area contributed by atoms with E-state index in [1.54, 1.807) is 36.4 Å². The topological polar surface area (TPSA) is 92.2 Å². The summed E-state index contributed by atoms with van der Waals surface area (Å²) in [7, 11) is 0. The van der Waals surface area contributed by atoms with Gasteiger partial charge in [0.25, 0.3) is 5.91 Å². The minimum Gasteiger partial charge on any atom is -0.494 e. The molecule has 7 nitrogen and oxygen atoms in total. The summed E-state index contributed by atoms with van der Waals surface area (Å²) in [5.41, 5.74) is 4.00. The Hall–Kier alpha value is -3.11. The fraction of sp³-hybridized carbons (Fsp3) is 0.364. The Labute approximate surface area is 183 Å². The van der Waals surface area contributed by atoms with Crippen LogP contribution < -0.4 is 15.6 Å². The zero-order valence-corrected chi connectivity index (χ0v) is 17.2. The number of aliphatic hydroxyl groups excluding tert-OH is 1. The van der Waals surface area contributed by atoms with Gasteiger partial charge in [-0.05, 0) is 29.8 Å². The van der Waals surface area contributed by atoms with E-state index in [1.807, 2.05) is 23.6 Å². The summed E-state index contributed by atoms with van der Waals surface area (Å²) >= 11 is 0. The van der Waals surface area contributed by atoms with Gasteiger partial charge in [-0.3, -0.25) is 10.2 Å². The van der Waals surface area contributed by atoms with Gasteiger partial charge in [-0.25, -0.2) is 10.4 Å². The van der Waals surface area contributed by atoms with Crippen LogP contribution in [0, 0.1) is 0 Å². The molecule has 1 atom stereocenters. The van der Waals surface area contributed by atoms with Crippen LogP contribution in [-0.4, -0.2) is 55.0 Å². The Morgan fingerprint density at radius 2 is 1.88 bits per heavy atom. The lowest BCUT2D eigenvalue weighted by Gasteiger charge is -2.23. The Morgan fingerprint density at radius 3 is 2.53 bits per heavy atom. The van der Waals surface area contributed by atoms with Crippen molar-refractivity contribution in [3.8, 4) is 5.75 Å². The maximum atomic E-state index is 12.9. The van der Waals surface area contributed by atoms with Crippen molar-refractivity contribution >= 4 is 11.8 Å². The van der Waals surface area contributed by atoms with E-state index in [9.17, 15) is 18.0 Å². The quantitative estimate of drug-likeness (QED) is 0.381. The molecule has 0 fully saturated rings. The molecule has 2 aromatic carbocycles. The first kappa shape index (κ1) is 23.6. The van der Waals surface area contributed by atoms with Crippen LogP contribution in [0.15, 0.2) is 59.6 Å². The lowest BCUT2D eigenvalue weighted by molar-refractivity contribution is -0.135. The van der Waals surface area contributed by atoms with Crippen molar-refractivity contribution in [3.05, 3.63) is 65.7 Å². The maximum absolute atomic E-state index is 12.9. The monoisotopic (exact) mass is 451 g/mol. The minimum atomic E-state index is -4.47. The minimum absolute atomic E-state index is 0.0338. The molecule has 10 heteroatoms. The van der Waals surface area contributed by atoms with Crippen LogP contribution in [0.2, 0.25) is 0 Å². The molecule has 0 saturated heterocycles. The molecule has 0 bridgehead atoms. The van der Waals surface area contributed by atoms with Gasteiger partial charge in [-0.15, -0.1) is 0 Å². The van der Waals surface area contributed by atoms with Gasteiger partial charge in [0.15, 0.2) is 5.54 Å². The molecule has 1 amide bonds. The van der Waals surface area contributed by atoms with Gasteiger partial charge in [0.1, 0.15) is 18.9 Å². The number of aliphatic hydroxyl groups is 1. The van der Waals surface area contributed by atoms with Gasteiger partial charge >= 0.3 is 6.18 Å². The molecular formula is C22H24F3N3O4. The summed E-state index contributed by atoms with van der Waals surface area (Å²) in [6, 6.07) is 15.9. The highest BCUT2D eigenvalue weighted by Crippen LogP contribution is 2.27. The molecule has 2 aromatic rings. The second-order valence-electron chi connectivity index (χ2n) is 7.27. The largest absolute Gasteiger partial charge is 0.494 e. The number of halogens is 3. The van der Waals surface area contributed by atoms with Crippen LogP contribution in [0.3, 0.4) is 0 Å². The fourth-order valence-corrected chi connectivity index (χ4v) is 3.10. The number of hydrogen-bond acceptors (Lipinski definition) is 6. The van der Waals surface area contributed by atoms with Crippen molar-refractivity contribution in [2.45, 2.75) is 24.6 Å². The van der Waals surface area contributed by atoms with Crippen molar-refractivity contribution in [3.63, 3.8) is 0 Å². The molecular weight excluding hydrogens is 427 g/mol. The molecule has 32 heavy (non-hydrogen) atoms. The van der Waals surface area contributed by atoms with E-state index >= 15 is 0 Å². The normalized spacial score (nSPS) is 18.1. The number of rotatable bonds is 10. The van der Waals surface area contributed by atoms with Gasteiger partial charge in [0, 0.05) is 25.0 Å². The molecule has 0 saturated carbocycles. The van der Waals surface area contributed by atoms with Crippen LogP contribution in [0.5, 0.6) is 5.75 Å². The van der Waals surface area contributed by atoms with Gasteiger partial charge in [0.05, 0.1) is 6.61 Å². The van der Waals surface area contributed by atoms with Crippen LogP contribution in [0.25, 0.3) is 0 Å². The Morgan fingerprint density at radius 1 is 1.16 bits per heavy atom. The summed E-state index contributed by atoms with van der Waals surface area (Å²) in [5, 5.41) is 8.82. The van der Waals surface area contributed by atoms with E-state index in [0.29, 0.717) is 24.3 Å². The number of nitrogens with one attached hydrogen (secondary N) is 2. The molecule has 1 aliphatic rings. The number of hydrogen-bond donors (Lipinski definition) is 3. The van der Waals surface area contributed by atoms with Gasteiger partial charge in [0.2, 0.25) is 5.90 Å². The number of ether oxygens (including phenoxy) is 2. The van der Waals surface area contributed by atoms with Crippen LogP contribution >= 0.6 is 0 Å². The van der Waals surface area contributed by atoms with Gasteiger partial charge in [-0.2, -0.15) is 13.2 Å². The second-order valence-corrected chi connectivity index (χ2v) is 7.27. The first-order valence-electron chi connectivity index (χ1n) is 10.0. The summed E-state index contributed by atoms with van der Waals surface area (Å²) in [6.45, 7) is -1.08. The molecule has 1 aliphatic heterocycles. The third-order valence-electron chi connectivity index (χ3n) is 4.69. The number of benzene rings is 2. The number of carbonyl (C=O) groups is 1. The van der Waals surface area contributed by atoms with E-state index in [0.717, 1.165) is 5.56 Å². The van der Waals surface area contributed by atoms with E-state index in [1.165, 1.54) is 0 Å². The predicted molar refractivity (Wildman–Crippen MR) is 111 cm³/mol. The molecule has 0 aliphatic carbocycles. The van der Waals surface area contributed by atoms with Crippen molar-refractivity contribution in [2.24, 2.45) is 4.99 Å². The molecule has 0 spiro atoms. The Bertz CT molecular complexity index is 920. The van der Waals surface area contributed by atoms with E-state index in [4.69, 9.17) is 14.6 Å². The van der Waals surface area contributed by atoms with E-state index in [2.05, 4.69) is 10.4 Å². The van der Waals surface area contributed by atoms with E-state index in [-0.39, 0.29) is 25.5 Å². The highest BCUT2D eigenvalue weighted by molar-refractivity contribution is 6.00. The average Bonchev–Trinajstić information content (AvgIpc) is 3.19. The van der Waals surface area contributed by atoms with Crippen LogP contribution in [-0.2, 0) is 16.0 Å². The number of alkyl halides is 3. The van der Waals surface area contributed by atoms with Crippen molar-refractivity contribution in [1.82, 2.24) is 10.9 Å². The zero-order chi connectivity index (χ0) is 23.0. The number of aliphatic imine (C=N–C) groups is 1. The summed E-state index contributed by atoms with van der Waals surface area (Å²) in [5.74, 6) is 0.101.